The highest BCUT2D eigenvalue weighted by Gasteiger charge is 2.22. The third-order valence-corrected chi connectivity index (χ3v) is 2.81. The van der Waals surface area contributed by atoms with Gasteiger partial charge in [-0.1, -0.05) is 12.8 Å². The number of rotatable bonds is 4. The summed E-state index contributed by atoms with van der Waals surface area (Å²) in [5, 5.41) is 11.0. The molecule has 0 aromatic rings. The molecule has 5 heteroatoms. The van der Waals surface area contributed by atoms with Crippen LogP contribution >= 0.6 is 0 Å². The van der Waals surface area contributed by atoms with Crippen molar-refractivity contribution >= 4 is 12.0 Å². The van der Waals surface area contributed by atoms with Crippen LogP contribution in [0.4, 0.5) is 4.79 Å². The third kappa shape index (κ3) is 3.77. The molecule has 2 amide bonds. The molecule has 1 rings (SSSR count). The van der Waals surface area contributed by atoms with Crippen LogP contribution in [0.5, 0.6) is 0 Å². The van der Waals surface area contributed by atoms with Gasteiger partial charge in [0.15, 0.2) is 0 Å². The Balaban J connectivity index is 2.23. The van der Waals surface area contributed by atoms with Crippen LogP contribution in [-0.4, -0.2) is 41.6 Å². The van der Waals surface area contributed by atoms with E-state index in [0.717, 1.165) is 12.8 Å². The van der Waals surface area contributed by atoms with Crippen LogP contribution in [0, 0.1) is 0 Å². The first-order valence-electron chi connectivity index (χ1n) is 5.33. The van der Waals surface area contributed by atoms with Crippen molar-refractivity contribution in [2.24, 2.45) is 0 Å². The molecule has 0 heterocycles. The van der Waals surface area contributed by atoms with Gasteiger partial charge in [0, 0.05) is 19.6 Å². The molecule has 0 aliphatic heterocycles. The maximum atomic E-state index is 11.5. The summed E-state index contributed by atoms with van der Waals surface area (Å²) >= 11 is 0. The number of nitrogens with one attached hydrogen (secondary N) is 1. The number of carboxylic acid groups (broad SMARTS) is 1. The van der Waals surface area contributed by atoms with Crippen LogP contribution in [0.3, 0.4) is 0 Å². The molecular weight excluding hydrogens is 196 g/mol. The summed E-state index contributed by atoms with van der Waals surface area (Å²) in [6.07, 6.45) is 4.45. The van der Waals surface area contributed by atoms with Gasteiger partial charge in [-0.15, -0.1) is 0 Å². The number of hydrogen-bond acceptors (Lipinski definition) is 2. The fourth-order valence-electron chi connectivity index (χ4n) is 1.86. The van der Waals surface area contributed by atoms with Crippen LogP contribution in [0.15, 0.2) is 0 Å². The van der Waals surface area contributed by atoms with Crippen LogP contribution in [0.1, 0.15) is 32.1 Å². The molecule has 0 radical (unpaired) electrons. The highest BCUT2D eigenvalue weighted by molar-refractivity contribution is 5.75. The van der Waals surface area contributed by atoms with E-state index in [-0.39, 0.29) is 19.0 Å². The van der Waals surface area contributed by atoms with Crippen LogP contribution < -0.4 is 5.32 Å². The Labute approximate surface area is 89.4 Å². The van der Waals surface area contributed by atoms with Gasteiger partial charge in [0.2, 0.25) is 0 Å². The van der Waals surface area contributed by atoms with E-state index in [1.807, 2.05) is 0 Å². The van der Waals surface area contributed by atoms with Gasteiger partial charge < -0.3 is 15.3 Å². The highest BCUT2D eigenvalue weighted by Crippen LogP contribution is 2.22. The van der Waals surface area contributed by atoms with Crippen molar-refractivity contribution in [1.29, 1.82) is 0 Å². The van der Waals surface area contributed by atoms with Gasteiger partial charge in [-0.3, -0.25) is 4.79 Å². The van der Waals surface area contributed by atoms with Crippen LogP contribution in [0.2, 0.25) is 0 Å². The van der Waals surface area contributed by atoms with Gasteiger partial charge in [0.1, 0.15) is 0 Å². The topological polar surface area (TPSA) is 69.6 Å². The van der Waals surface area contributed by atoms with Crippen molar-refractivity contribution < 1.29 is 14.7 Å². The number of hydrogen-bond donors (Lipinski definition) is 2. The van der Waals surface area contributed by atoms with Gasteiger partial charge in [-0.25, -0.2) is 4.79 Å². The van der Waals surface area contributed by atoms with Crippen molar-refractivity contribution in [3.63, 3.8) is 0 Å². The summed E-state index contributed by atoms with van der Waals surface area (Å²) in [4.78, 5) is 23.5. The van der Waals surface area contributed by atoms with Crippen molar-refractivity contribution in [1.82, 2.24) is 10.2 Å². The standard InChI is InChI=1S/C10H18N2O3/c1-12(8-4-2-3-5-8)10(15)11-7-6-9(13)14/h8H,2-7H2,1H3,(H,11,15)(H,13,14). The second kappa shape index (κ2) is 5.58. The Morgan fingerprint density at radius 1 is 1.40 bits per heavy atom. The minimum atomic E-state index is -0.890. The van der Waals surface area contributed by atoms with Gasteiger partial charge in [0.05, 0.1) is 6.42 Å². The van der Waals surface area contributed by atoms with E-state index in [9.17, 15) is 9.59 Å². The molecule has 0 spiro atoms. The average molecular weight is 214 g/mol. The summed E-state index contributed by atoms with van der Waals surface area (Å²) in [5.74, 6) is -0.890. The monoisotopic (exact) mass is 214 g/mol. The summed E-state index contributed by atoms with van der Waals surface area (Å²) in [6, 6.07) is 0.165. The Morgan fingerprint density at radius 2 is 2.00 bits per heavy atom. The zero-order valence-electron chi connectivity index (χ0n) is 9.03. The molecule has 2 N–H and O–H groups in total. The Bertz CT molecular complexity index is 237. The Hall–Kier alpha value is -1.26. The summed E-state index contributed by atoms with van der Waals surface area (Å²) < 4.78 is 0. The normalized spacial score (nSPS) is 16.3. The molecule has 1 saturated carbocycles. The lowest BCUT2D eigenvalue weighted by Crippen LogP contribution is -2.43. The molecule has 0 aromatic carbocycles. The summed E-state index contributed by atoms with van der Waals surface area (Å²) in [6.45, 7) is 0.200. The maximum absolute atomic E-state index is 11.5. The predicted octanol–water partition coefficient (Wildman–Crippen LogP) is 1.05. The lowest BCUT2D eigenvalue weighted by molar-refractivity contribution is -0.136. The molecule has 15 heavy (non-hydrogen) atoms. The van der Waals surface area contributed by atoms with Crippen molar-refractivity contribution in [2.45, 2.75) is 38.1 Å². The second-order valence-electron chi connectivity index (χ2n) is 3.92. The van der Waals surface area contributed by atoms with E-state index in [1.165, 1.54) is 12.8 Å². The van der Waals surface area contributed by atoms with Gasteiger partial charge in [-0.05, 0) is 12.8 Å². The SMILES string of the molecule is CN(C(=O)NCCC(=O)O)C1CCCC1. The molecule has 0 unspecified atom stereocenters. The number of urea groups is 1. The van der Waals surface area contributed by atoms with Crippen LogP contribution in [0.25, 0.3) is 0 Å². The zero-order valence-corrected chi connectivity index (χ0v) is 9.03. The molecule has 0 bridgehead atoms. The van der Waals surface area contributed by atoms with Gasteiger partial charge >= 0.3 is 12.0 Å². The first-order chi connectivity index (χ1) is 7.11. The van der Waals surface area contributed by atoms with Crippen molar-refractivity contribution in [2.75, 3.05) is 13.6 Å². The number of amides is 2. The van der Waals surface area contributed by atoms with E-state index in [2.05, 4.69) is 5.32 Å². The fourth-order valence-corrected chi connectivity index (χ4v) is 1.86. The van der Waals surface area contributed by atoms with Gasteiger partial charge in [0.25, 0.3) is 0 Å². The van der Waals surface area contributed by atoms with Crippen molar-refractivity contribution in [3.05, 3.63) is 0 Å². The highest BCUT2D eigenvalue weighted by atomic mass is 16.4. The largest absolute Gasteiger partial charge is 0.481 e. The van der Waals surface area contributed by atoms with E-state index in [0.29, 0.717) is 6.04 Å². The molecule has 86 valence electrons. The smallest absolute Gasteiger partial charge is 0.317 e. The Morgan fingerprint density at radius 3 is 2.53 bits per heavy atom. The molecule has 0 aromatic heterocycles. The maximum Gasteiger partial charge on any atom is 0.317 e. The predicted molar refractivity (Wildman–Crippen MR) is 55.7 cm³/mol. The molecule has 1 aliphatic rings. The first kappa shape index (κ1) is 11.8. The van der Waals surface area contributed by atoms with E-state index in [4.69, 9.17) is 5.11 Å². The minimum Gasteiger partial charge on any atom is -0.481 e. The van der Waals surface area contributed by atoms with E-state index in [1.54, 1.807) is 11.9 Å². The summed E-state index contributed by atoms with van der Waals surface area (Å²) in [7, 11) is 1.77. The number of aliphatic carboxylic acids is 1. The zero-order chi connectivity index (χ0) is 11.3. The average Bonchev–Trinajstić information content (AvgIpc) is 2.68. The molecule has 5 nitrogen and oxygen atoms in total. The van der Waals surface area contributed by atoms with Crippen LogP contribution in [-0.2, 0) is 4.79 Å². The lowest BCUT2D eigenvalue weighted by atomic mass is 10.2. The van der Waals surface area contributed by atoms with E-state index >= 15 is 0 Å². The molecule has 0 atom stereocenters. The number of carbonyl (C=O) groups is 2. The number of carbonyl (C=O) groups excluding carboxylic acids is 1. The second-order valence-corrected chi connectivity index (χ2v) is 3.92. The summed E-state index contributed by atoms with van der Waals surface area (Å²) in [5.41, 5.74) is 0. The number of nitrogens with zero attached hydrogens (tertiary/aromatic N) is 1. The quantitative estimate of drug-likeness (QED) is 0.734. The molecule has 1 fully saturated rings. The first-order valence-corrected chi connectivity index (χ1v) is 5.33. The van der Waals surface area contributed by atoms with Gasteiger partial charge in [-0.2, -0.15) is 0 Å². The molecular formula is C10H18N2O3. The lowest BCUT2D eigenvalue weighted by Gasteiger charge is -2.24. The fraction of sp³-hybridized carbons (Fsp3) is 0.800. The third-order valence-electron chi connectivity index (χ3n) is 2.81. The van der Waals surface area contributed by atoms with E-state index < -0.39 is 5.97 Å². The molecule has 1 aliphatic carbocycles. The van der Waals surface area contributed by atoms with Crippen molar-refractivity contribution in [3.8, 4) is 0 Å². The molecule has 0 saturated heterocycles. The number of carboxylic acids is 1. The minimum absolute atomic E-state index is 0.0236. The Kier molecular flexibility index (Phi) is 4.39.